The lowest BCUT2D eigenvalue weighted by molar-refractivity contribution is 0.309. The number of unbranched alkanes of at least 4 members (excludes halogenated alkanes) is 2. The summed E-state index contributed by atoms with van der Waals surface area (Å²) in [4.78, 5) is 0. The highest BCUT2D eigenvalue weighted by atomic mass is 16.5. The lowest BCUT2D eigenvalue weighted by Gasteiger charge is -2.12. The maximum Gasteiger partial charge on any atom is 0.119 e. The highest BCUT2D eigenvalue weighted by Gasteiger charge is 2.07. The third kappa shape index (κ3) is 5.76. The zero-order valence-corrected chi connectivity index (χ0v) is 18.2. The Hall–Kier alpha value is -3.00. The van der Waals surface area contributed by atoms with Crippen LogP contribution in [0.25, 0.3) is 28.3 Å². The summed E-state index contributed by atoms with van der Waals surface area (Å²) in [7, 11) is 0. The van der Waals surface area contributed by atoms with Crippen LogP contribution in [-0.2, 0) is 0 Å². The van der Waals surface area contributed by atoms with Crippen molar-refractivity contribution in [2.45, 2.75) is 39.5 Å². The monoisotopic (exact) mass is 400 g/mol. The molecule has 0 aromatic heterocycles. The van der Waals surface area contributed by atoms with E-state index in [1.54, 1.807) is 0 Å². The summed E-state index contributed by atoms with van der Waals surface area (Å²) in [6, 6.07) is 23.2. The van der Waals surface area contributed by atoms with Crippen LogP contribution in [0.2, 0.25) is 0 Å². The Bertz CT molecular complexity index is 924. The van der Waals surface area contributed by atoms with Crippen molar-refractivity contribution in [1.29, 1.82) is 0 Å². The molecular weight excluding hydrogens is 368 g/mol. The van der Waals surface area contributed by atoms with Crippen LogP contribution in [-0.4, -0.2) is 13.2 Å². The quantitative estimate of drug-likeness (QED) is 0.303. The largest absolute Gasteiger partial charge is 0.494 e. The SMILES string of the molecule is C=Cc1cc(-c2ccc(OCCCC)cc2)ccc1-c1ccc(OCCCC)cc1. The molecule has 0 fully saturated rings. The van der Waals surface area contributed by atoms with E-state index in [0.717, 1.165) is 56.0 Å². The molecule has 3 rings (SSSR count). The molecule has 0 bridgehead atoms. The van der Waals surface area contributed by atoms with Crippen molar-refractivity contribution >= 4 is 6.08 Å². The number of benzene rings is 3. The topological polar surface area (TPSA) is 18.5 Å². The lowest BCUT2D eigenvalue weighted by atomic mass is 9.95. The molecule has 2 heteroatoms. The van der Waals surface area contributed by atoms with E-state index in [0.29, 0.717) is 0 Å². The van der Waals surface area contributed by atoms with Crippen molar-refractivity contribution in [2.24, 2.45) is 0 Å². The van der Waals surface area contributed by atoms with Crippen molar-refractivity contribution in [1.82, 2.24) is 0 Å². The first-order chi connectivity index (χ1) is 14.7. The molecular formula is C28H32O2. The zero-order valence-electron chi connectivity index (χ0n) is 18.2. The van der Waals surface area contributed by atoms with Crippen LogP contribution in [0.4, 0.5) is 0 Å². The van der Waals surface area contributed by atoms with Crippen LogP contribution in [0.5, 0.6) is 11.5 Å². The second kappa shape index (κ2) is 11.3. The Morgan fingerprint density at radius 3 is 1.67 bits per heavy atom. The molecule has 0 atom stereocenters. The number of hydrogen-bond donors (Lipinski definition) is 0. The Labute approximate surface area is 181 Å². The van der Waals surface area contributed by atoms with Gasteiger partial charge < -0.3 is 9.47 Å². The predicted molar refractivity (Wildman–Crippen MR) is 128 cm³/mol. The van der Waals surface area contributed by atoms with E-state index in [1.165, 1.54) is 22.3 Å². The van der Waals surface area contributed by atoms with Gasteiger partial charge in [0.15, 0.2) is 0 Å². The average molecular weight is 401 g/mol. The molecule has 0 spiro atoms. The van der Waals surface area contributed by atoms with Crippen LogP contribution in [0.15, 0.2) is 73.3 Å². The van der Waals surface area contributed by atoms with Gasteiger partial charge in [-0.15, -0.1) is 0 Å². The van der Waals surface area contributed by atoms with E-state index in [4.69, 9.17) is 9.47 Å². The van der Waals surface area contributed by atoms with Gasteiger partial charge in [-0.3, -0.25) is 0 Å². The van der Waals surface area contributed by atoms with Crippen molar-refractivity contribution in [3.63, 3.8) is 0 Å². The smallest absolute Gasteiger partial charge is 0.119 e. The fourth-order valence-electron chi connectivity index (χ4n) is 3.32. The van der Waals surface area contributed by atoms with E-state index in [2.05, 4.69) is 62.9 Å². The Kier molecular flexibility index (Phi) is 8.14. The van der Waals surface area contributed by atoms with Gasteiger partial charge in [-0.1, -0.05) is 75.7 Å². The van der Waals surface area contributed by atoms with E-state index in [-0.39, 0.29) is 0 Å². The van der Waals surface area contributed by atoms with Crippen LogP contribution in [0.1, 0.15) is 45.1 Å². The second-order valence-electron chi connectivity index (χ2n) is 7.46. The molecule has 3 aromatic rings. The lowest BCUT2D eigenvalue weighted by Crippen LogP contribution is -1.96. The minimum Gasteiger partial charge on any atom is -0.494 e. The molecule has 3 aromatic carbocycles. The van der Waals surface area contributed by atoms with Gasteiger partial charge in [0.1, 0.15) is 11.5 Å². The van der Waals surface area contributed by atoms with Crippen LogP contribution < -0.4 is 9.47 Å². The Morgan fingerprint density at radius 2 is 1.17 bits per heavy atom. The molecule has 0 amide bonds. The molecule has 30 heavy (non-hydrogen) atoms. The van der Waals surface area contributed by atoms with Gasteiger partial charge in [0.2, 0.25) is 0 Å². The van der Waals surface area contributed by atoms with Crippen molar-refractivity contribution < 1.29 is 9.47 Å². The van der Waals surface area contributed by atoms with Gasteiger partial charge in [0.05, 0.1) is 13.2 Å². The Balaban J connectivity index is 1.75. The first kappa shape index (κ1) is 21.7. The highest BCUT2D eigenvalue weighted by molar-refractivity contribution is 5.79. The van der Waals surface area contributed by atoms with Gasteiger partial charge >= 0.3 is 0 Å². The number of hydrogen-bond acceptors (Lipinski definition) is 2. The molecule has 0 aliphatic carbocycles. The summed E-state index contributed by atoms with van der Waals surface area (Å²) < 4.78 is 11.6. The number of ether oxygens (including phenoxy) is 2. The molecule has 2 nitrogen and oxygen atoms in total. The Morgan fingerprint density at radius 1 is 0.667 bits per heavy atom. The molecule has 0 N–H and O–H groups in total. The first-order valence-electron chi connectivity index (χ1n) is 11.0. The van der Waals surface area contributed by atoms with E-state index in [9.17, 15) is 0 Å². The molecule has 0 heterocycles. The maximum atomic E-state index is 5.78. The molecule has 0 unspecified atom stereocenters. The van der Waals surface area contributed by atoms with E-state index >= 15 is 0 Å². The van der Waals surface area contributed by atoms with Crippen molar-refractivity contribution in [2.75, 3.05) is 13.2 Å². The van der Waals surface area contributed by atoms with Crippen molar-refractivity contribution in [3.8, 4) is 33.8 Å². The third-order valence-corrected chi connectivity index (χ3v) is 5.16. The summed E-state index contributed by atoms with van der Waals surface area (Å²) in [5, 5.41) is 0. The fourth-order valence-corrected chi connectivity index (χ4v) is 3.32. The van der Waals surface area contributed by atoms with Crippen LogP contribution in [0, 0.1) is 0 Å². The normalized spacial score (nSPS) is 10.6. The fraction of sp³-hybridized carbons (Fsp3) is 0.286. The second-order valence-corrected chi connectivity index (χ2v) is 7.46. The number of rotatable bonds is 11. The van der Waals surface area contributed by atoms with Crippen LogP contribution >= 0.6 is 0 Å². The van der Waals surface area contributed by atoms with Gasteiger partial charge in [-0.2, -0.15) is 0 Å². The summed E-state index contributed by atoms with van der Waals surface area (Å²) >= 11 is 0. The van der Waals surface area contributed by atoms with Gasteiger partial charge in [0, 0.05) is 0 Å². The average Bonchev–Trinajstić information content (AvgIpc) is 2.80. The standard InChI is InChI=1S/C28H32O2/c1-4-7-19-29-26-14-9-23(10-15-26)25-13-18-28(22(6-3)21-25)24-11-16-27(17-12-24)30-20-8-5-2/h6,9-18,21H,3-5,7-8,19-20H2,1-2H3. The highest BCUT2D eigenvalue weighted by Crippen LogP contribution is 2.31. The minimum atomic E-state index is 0.769. The summed E-state index contributed by atoms with van der Waals surface area (Å²) in [5.41, 5.74) is 5.81. The predicted octanol–water partition coefficient (Wildman–Crippen LogP) is 8.02. The summed E-state index contributed by atoms with van der Waals surface area (Å²) in [5.74, 6) is 1.85. The van der Waals surface area contributed by atoms with Crippen molar-refractivity contribution in [3.05, 3.63) is 78.9 Å². The maximum absolute atomic E-state index is 5.78. The minimum absolute atomic E-state index is 0.769. The summed E-state index contributed by atoms with van der Waals surface area (Å²) in [6.45, 7) is 9.91. The molecule has 156 valence electrons. The van der Waals surface area contributed by atoms with E-state index in [1.807, 2.05) is 30.3 Å². The van der Waals surface area contributed by atoms with Crippen LogP contribution in [0.3, 0.4) is 0 Å². The van der Waals surface area contributed by atoms with Gasteiger partial charge in [0.25, 0.3) is 0 Å². The van der Waals surface area contributed by atoms with E-state index < -0.39 is 0 Å². The molecule has 0 radical (unpaired) electrons. The summed E-state index contributed by atoms with van der Waals surface area (Å²) in [6.07, 6.45) is 6.37. The molecule has 0 aliphatic rings. The third-order valence-electron chi connectivity index (χ3n) is 5.16. The zero-order chi connectivity index (χ0) is 21.2. The molecule has 0 saturated carbocycles. The van der Waals surface area contributed by atoms with Gasteiger partial charge in [-0.25, -0.2) is 0 Å². The molecule has 0 saturated heterocycles. The van der Waals surface area contributed by atoms with Gasteiger partial charge in [-0.05, 0) is 71.0 Å². The molecule has 0 aliphatic heterocycles. The first-order valence-corrected chi connectivity index (χ1v) is 11.0.